The molecule has 0 atom stereocenters. The van der Waals surface area contributed by atoms with E-state index in [9.17, 15) is 0 Å². The molecule has 1 nitrogen and oxygen atoms in total. The molecule has 0 spiro atoms. The monoisotopic (exact) mass is 377 g/mol. The highest BCUT2D eigenvalue weighted by molar-refractivity contribution is 5.76. The molecule has 144 valence electrons. The van der Waals surface area contributed by atoms with Gasteiger partial charge in [0.15, 0.2) is 0 Å². The van der Waals surface area contributed by atoms with Gasteiger partial charge in [-0.05, 0) is 85.8 Å². The Balaban J connectivity index is 1.78. The Labute approximate surface area is 174 Å². The molecule has 0 aliphatic carbocycles. The molecule has 29 heavy (non-hydrogen) atoms. The van der Waals surface area contributed by atoms with E-state index >= 15 is 0 Å². The predicted molar refractivity (Wildman–Crippen MR) is 125 cm³/mol. The van der Waals surface area contributed by atoms with Gasteiger partial charge in [0.05, 0.1) is 0 Å². The Morgan fingerprint density at radius 3 is 1.62 bits per heavy atom. The van der Waals surface area contributed by atoms with Crippen LogP contribution in [0.25, 0.3) is 0 Å². The second-order valence-electron chi connectivity index (χ2n) is 7.72. The van der Waals surface area contributed by atoms with Gasteiger partial charge in [-0.1, -0.05) is 66.2 Å². The summed E-state index contributed by atoms with van der Waals surface area (Å²) in [5, 5.41) is 0. The Hall–Kier alpha value is -3.32. The van der Waals surface area contributed by atoms with E-state index in [1.807, 2.05) is 0 Å². The zero-order valence-corrected chi connectivity index (χ0v) is 17.4. The first kappa shape index (κ1) is 19.0. The first-order chi connectivity index (χ1) is 14.1. The lowest BCUT2D eigenvalue weighted by Crippen LogP contribution is -2.10. The minimum absolute atomic E-state index is 0.949. The van der Waals surface area contributed by atoms with Gasteiger partial charge < -0.3 is 4.90 Å². The van der Waals surface area contributed by atoms with Gasteiger partial charge in [0, 0.05) is 17.1 Å². The normalized spacial score (nSPS) is 10.7. The van der Waals surface area contributed by atoms with Gasteiger partial charge in [-0.2, -0.15) is 0 Å². The van der Waals surface area contributed by atoms with Crippen molar-refractivity contribution >= 4 is 17.1 Å². The molecule has 1 heteroatoms. The molecule has 0 heterocycles. The van der Waals surface area contributed by atoms with Crippen LogP contribution in [0, 0.1) is 20.8 Å². The van der Waals surface area contributed by atoms with Crippen LogP contribution in [0.15, 0.2) is 97.1 Å². The maximum atomic E-state index is 2.34. The highest BCUT2D eigenvalue weighted by Gasteiger charge is 2.13. The van der Waals surface area contributed by atoms with Crippen molar-refractivity contribution in [3.05, 3.63) is 125 Å². The lowest BCUT2D eigenvalue weighted by molar-refractivity contribution is 1.11. The first-order valence-electron chi connectivity index (χ1n) is 10.2. The molecule has 0 aromatic heterocycles. The van der Waals surface area contributed by atoms with Gasteiger partial charge >= 0.3 is 0 Å². The summed E-state index contributed by atoms with van der Waals surface area (Å²) in [5.41, 5.74) is 10.3. The predicted octanol–water partition coefficient (Wildman–Crippen LogP) is 7.67. The minimum Gasteiger partial charge on any atom is -0.310 e. The number of hydrogen-bond acceptors (Lipinski definition) is 1. The molecule has 4 aromatic rings. The summed E-state index contributed by atoms with van der Waals surface area (Å²) >= 11 is 0. The van der Waals surface area contributed by atoms with Gasteiger partial charge in [-0.25, -0.2) is 0 Å². The van der Waals surface area contributed by atoms with Gasteiger partial charge in [0.1, 0.15) is 0 Å². The lowest BCUT2D eigenvalue weighted by atomic mass is 9.95. The summed E-state index contributed by atoms with van der Waals surface area (Å²) in [6, 6.07) is 34.7. The number of benzene rings is 4. The fraction of sp³-hybridized carbons (Fsp3) is 0.143. The van der Waals surface area contributed by atoms with Crippen LogP contribution in [0.1, 0.15) is 27.8 Å². The molecule has 0 fully saturated rings. The third-order valence-electron chi connectivity index (χ3n) is 5.51. The van der Waals surface area contributed by atoms with E-state index in [-0.39, 0.29) is 0 Å². The van der Waals surface area contributed by atoms with Crippen molar-refractivity contribution in [1.29, 1.82) is 0 Å². The van der Waals surface area contributed by atoms with Crippen LogP contribution in [-0.2, 0) is 6.42 Å². The van der Waals surface area contributed by atoms with Crippen LogP contribution in [0.5, 0.6) is 0 Å². The highest BCUT2D eigenvalue weighted by atomic mass is 15.1. The number of rotatable bonds is 5. The first-order valence-corrected chi connectivity index (χ1v) is 10.2. The molecule has 0 unspecified atom stereocenters. The molecule has 4 aromatic carbocycles. The largest absolute Gasteiger partial charge is 0.310 e. The number of anilines is 3. The standard InChI is InChI=1S/C28H27N/c1-21-14-15-22(2)24(18-21)19-25-20-28(17-16-23(25)3)29(26-10-6-4-7-11-26)27-12-8-5-9-13-27/h4-18,20H,19H2,1-3H3. The Kier molecular flexibility index (Phi) is 5.48. The van der Waals surface area contributed by atoms with Crippen molar-refractivity contribution in [2.24, 2.45) is 0 Å². The van der Waals surface area contributed by atoms with E-state index in [2.05, 4.69) is 123 Å². The molecule has 0 amide bonds. The molecule has 0 saturated carbocycles. The van der Waals surface area contributed by atoms with Crippen LogP contribution < -0.4 is 4.90 Å². The average Bonchev–Trinajstić information content (AvgIpc) is 2.75. The Morgan fingerprint density at radius 2 is 1.03 bits per heavy atom. The zero-order chi connectivity index (χ0) is 20.2. The third kappa shape index (κ3) is 4.25. The average molecular weight is 378 g/mol. The van der Waals surface area contributed by atoms with Crippen molar-refractivity contribution in [1.82, 2.24) is 0 Å². The quantitative estimate of drug-likeness (QED) is 0.345. The maximum Gasteiger partial charge on any atom is 0.0464 e. The van der Waals surface area contributed by atoms with E-state index in [0.29, 0.717) is 0 Å². The van der Waals surface area contributed by atoms with Gasteiger partial charge in [0.25, 0.3) is 0 Å². The summed E-state index contributed by atoms with van der Waals surface area (Å²) in [6.45, 7) is 6.58. The molecular formula is C28H27N. The third-order valence-corrected chi connectivity index (χ3v) is 5.51. The molecule has 0 aliphatic heterocycles. The van der Waals surface area contributed by atoms with Gasteiger partial charge in [0.2, 0.25) is 0 Å². The van der Waals surface area contributed by atoms with Crippen LogP contribution in [-0.4, -0.2) is 0 Å². The van der Waals surface area contributed by atoms with E-state index in [1.165, 1.54) is 44.9 Å². The maximum absolute atomic E-state index is 2.34. The van der Waals surface area contributed by atoms with Crippen LogP contribution in [0.2, 0.25) is 0 Å². The van der Waals surface area contributed by atoms with Crippen molar-refractivity contribution in [2.75, 3.05) is 4.90 Å². The van der Waals surface area contributed by atoms with E-state index in [0.717, 1.165) is 6.42 Å². The second kappa shape index (κ2) is 8.36. The smallest absolute Gasteiger partial charge is 0.0464 e. The SMILES string of the molecule is Cc1ccc(C)c(Cc2cc(N(c3ccccc3)c3ccccc3)ccc2C)c1. The lowest BCUT2D eigenvalue weighted by Gasteiger charge is -2.26. The van der Waals surface area contributed by atoms with Crippen molar-refractivity contribution in [3.8, 4) is 0 Å². The topological polar surface area (TPSA) is 3.24 Å². The second-order valence-corrected chi connectivity index (χ2v) is 7.72. The van der Waals surface area contributed by atoms with Crippen molar-refractivity contribution in [3.63, 3.8) is 0 Å². The summed E-state index contributed by atoms with van der Waals surface area (Å²) < 4.78 is 0. The number of aryl methyl sites for hydroxylation is 3. The summed E-state index contributed by atoms with van der Waals surface area (Å²) in [6.07, 6.45) is 0.949. The fourth-order valence-corrected chi connectivity index (χ4v) is 3.78. The number of hydrogen-bond donors (Lipinski definition) is 0. The number of nitrogens with zero attached hydrogens (tertiary/aromatic N) is 1. The minimum atomic E-state index is 0.949. The van der Waals surface area contributed by atoms with E-state index in [4.69, 9.17) is 0 Å². The number of para-hydroxylation sites is 2. The van der Waals surface area contributed by atoms with E-state index in [1.54, 1.807) is 0 Å². The van der Waals surface area contributed by atoms with Crippen LogP contribution in [0.4, 0.5) is 17.1 Å². The van der Waals surface area contributed by atoms with E-state index < -0.39 is 0 Å². The Bertz CT molecular complexity index is 1060. The summed E-state index contributed by atoms with van der Waals surface area (Å²) in [4.78, 5) is 2.33. The summed E-state index contributed by atoms with van der Waals surface area (Å²) in [5.74, 6) is 0. The molecule has 0 saturated heterocycles. The molecule has 0 bridgehead atoms. The van der Waals surface area contributed by atoms with Crippen LogP contribution >= 0.6 is 0 Å². The Morgan fingerprint density at radius 1 is 0.517 bits per heavy atom. The van der Waals surface area contributed by atoms with Crippen LogP contribution in [0.3, 0.4) is 0 Å². The zero-order valence-electron chi connectivity index (χ0n) is 17.4. The molecule has 0 radical (unpaired) electrons. The molecular weight excluding hydrogens is 350 g/mol. The highest BCUT2D eigenvalue weighted by Crippen LogP contribution is 2.35. The van der Waals surface area contributed by atoms with Crippen molar-refractivity contribution in [2.45, 2.75) is 27.2 Å². The molecule has 0 N–H and O–H groups in total. The molecule has 4 rings (SSSR count). The van der Waals surface area contributed by atoms with Crippen molar-refractivity contribution < 1.29 is 0 Å². The van der Waals surface area contributed by atoms with Gasteiger partial charge in [-0.3, -0.25) is 0 Å². The van der Waals surface area contributed by atoms with Gasteiger partial charge in [-0.15, -0.1) is 0 Å². The fourth-order valence-electron chi connectivity index (χ4n) is 3.78. The summed E-state index contributed by atoms with van der Waals surface area (Å²) in [7, 11) is 0. The molecule has 0 aliphatic rings.